The fraction of sp³-hybridized carbons (Fsp3) is 0.538. The van der Waals surface area contributed by atoms with Crippen molar-refractivity contribution in [2.75, 3.05) is 37.6 Å². The Morgan fingerprint density at radius 3 is 2.60 bits per heavy atom. The summed E-state index contributed by atoms with van der Waals surface area (Å²) in [6, 6.07) is 4.16. The van der Waals surface area contributed by atoms with Gasteiger partial charge in [-0.1, -0.05) is 6.07 Å². The minimum atomic E-state index is -0.807. The molecule has 0 amide bonds. The number of piperazine rings is 1. The lowest BCUT2D eigenvalue weighted by molar-refractivity contribution is -0.386. The van der Waals surface area contributed by atoms with Crippen molar-refractivity contribution in [2.24, 2.45) is 0 Å². The summed E-state index contributed by atoms with van der Waals surface area (Å²) in [6.45, 7) is 4.86. The second-order valence-corrected chi connectivity index (χ2v) is 5.00. The Bertz CT molecular complexity index is 488. The van der Waals surface area contributed by atoms with Crippen molar-refractivity contribution in [1.82, 2.24) is 4.90 Å². The van der Waals surface area contributed by atoms with Crippen molar-refractivity contribution in [3.05, 3.63) is 34.1 Å². The Labute approximate surface area is 116 Å². The average molecular weight is 283 g/mol. The molecule has 1 N–H and O–H groups in total. The van der Waals surface area contributed by atoms with Gasteiger partial charge in [-0.25, -0.2) is 0 Å². The van der Waals surface area contributed by atoms with E-state index in [0.717, 1.165) is 6.07 Å². The molecule has 0 aliphatic carbocycles. The fourth-order valence-corrected chi connectivity index (χ4v) is 2.48. The molecule has 20 heavy (non-hydrogen) atoms. The quantitative estimate of drug-likeness (QED) is 0.665. The maximum absolute atomic E-state index is 13.6. The molecular weight excluding hydrogens is 265 g/mol. The first-order chi connectivity index (χ1) is 9.49. The van der Waals surface area contributed by atoms with Crippen LogP contribution < -0.4 is 4.90 Å². The largest absolute Gasteiger partial charge is 0.392 e. The van der Waals surface area contributed by atoms with Crippen molar-refractivity contribution < 1.29 is 14.4 Å². The summed E-state index contributed by atoms with van der Waals surface area (Å²) in [5.74, 6) is -0.807. The Morgan fingerprint density at radius 1 is 1.40 bits per heavy atom. The first kappa shape index (κ1) is 14.7. The molecule has 1 aromatic rings. The second kappa shape index (κ2) is 6.15. The minimum absolute atomic E-state index is 0.326. The molecule has 1 fully saturated rings. The number of nitro benzene ring substituents is 1. The number of hydrogen-bond acceptors (Lipinski definition) is 5. The first-order valence-electron chi connectivity index (χ1n) is 6.57. The lowest BCUT2D eigenvalue weighted by Gasteiger charge is -2.36. The van der Waals surface area contributed by atoms with Gasteiger partial charge in [-0.2, -0.15) is 4.39 Å². The molecular formula is C13H18FN3O3. The minimum Gasteiger partial charge on any atom is -0.392 e. The smallest absolute Gasteiger partial charge is 0.327 e. The van der Waals surface area contributed by atoms with Crippen molar-refractivity contribution >= 4 is 11.4 Å². The van der Waals surface area contributed by atoms with E-state index in [0.29, 0.717) is 38.4 Å². The molecule has 0 unspecified atom stereocenters. The van der Waals surface area contributed by atoms with Crippen LogP contribution in [0, 0.1) is 15.9 Å². The molecule has 1 aromatic carbocycles. The maximum Gasteiger partial charge on any atom is 0.327 e. The normalized spacial score (nSPS) is 18.1. The van der Waals surface area contributed by atoms with E-state index < -0.39 is 22.5 Å². The lowest BCUT2D eigenvalue weighted by Crippen LogP contribution is -2.48. The van der Waals surface area contributed by atoms with Gasteiger partial charge >= 0.3 is 5.69 Å². The molecule has 0 radical (unpaired) electrons. The number of nitrogens with zero attached hydrogens (tertiary/aromatic N) is 3. The number of aliphatic hydroxyl groups excluding tert-OH is 1. The SMILES string of the molecule is C[C@@H](O)CN1CCN(c2cccc(F)c2[N+](=O)[O-])CC1. The molecule has 1 aliphatic rings. The fourth-order valence-electron chi connectivity index (χ4n) is 2.48. The van der Waals surface area contributed by atoms with E-state index >= 15 is 0 Å². The van der Waals surface area contributed by atoms with Crippen molar-refractivity contribution in [1.29, 1.82) is 0 Å². The van der Waals surface area contributed by atoms with Crippen LogP contribution in [0.3, 0.4) is 0 Å². The van der Waals surface area contributed by atoms with Crippen LogP contribution in [-0.2, 0) is 0 Å². The highest BCUT2D eigenvalue weighted by Crippen LogP contribution is 2.31. The van der Waals surface area contributed by atoms with E-state index in [1.807, 2.05) is 4.90 Å². The van der Waals surface area contributed by atoms with Gasteiger partial charge in [0.2, 0.25) is 5.82 Å². The van der Waals surface area contributed by atoms with Gasteiger partial charge in [-0.3, -0.25) is 15.0 Å². The molecule has 1 heterocycles. The number of β-amino-alcohol motifs (C(OH)–C–C–N with tert-alkyl or cyclic N) is 1. The van der Waals surface area contributed by atoms with Crippen molar-refractivity contribution in [3.8, 4) is 0 Å². The summed E-state index contributed by atoms with van der Waals surface area (Å²) in [7, 11) is 0. The Balaban J connectivity index is 2.11. The van der Waals surface area contributed by atoms with Gasteiger partial charge in [0.15, 0.2) is 0 Å². The van der Waals surface area contributed by atoms with E-state index in [4.69, 9.17) is 0 Å². The molecule has 6 nitrogen and oxygen atoms in total. The predicted molar refractivity (Wildman–Crippen MR) is 73.4 cm³/mol. The third-order valence-corrected chi connectivity index (χ3v) is 3.38. The number of anilines is 1. The van der Waals surface area contributed by atoms with Gasteiger partial charge in [0.05, 0.1) is 11.0 Å². The molecule has 7 heteroatoms. The van der Waals surface area contributed by atoms with Crippen LogP contribution in [0.2, 0.25) is 0 Å². The van der Waals surface area contributed by atoms with Crippen LogP contribution in [0.4, 0.5) is 15.8 Å². The molecule has 2 rings (SSSR count). The van der Waals surface area contributed by atoms with Crippen LogP contribution in [0.15, 0.2) is 18.2 Å². The van der Waals surface area contributed by atoms with E-state index in [2.05, 4.69) is 4.90 Å². The van der Waals surface area contributed by atoms with Gasteiger partial charge in [-0.05, 0) is 19.1 Å². The second-order valence-electron chi connectivity index (χ2n) is 5.00. The number of halogens is 1. The molecule has 1 saturated heterocycles. The van der Waals surface area contributed by atoms with Crippen LogP contribution in [0.25, 0.3) is 0 Å². The van der Waals surface area contributed by atoms with Crippen molar-refractivity contribution in [2.45, 2.75) is 13.0 Å². The van der Waals surface area contributed by atoms with Gasteiger partial charge in [0.25, 0.3) is 0 Å². The molecule has 0 saturated carbocycles. The Morgan fingerprint density at radius 2 is 2.05 bits per heavy atom. The maximum atomic E-state index is 13.6. The molecule has 1 aliphatic heterocycles. The first-order valence-corrected chi connectivity index (χ1v) is 6.57. The molecule has 1 atom stereocenters. The van der Waals surface area contributed by atoms with Gasteiger partial charge < -0.3 is 10.0 Å². The molecule has 0 bridgehead atoms. The van der Waals surface area contributed by atoms with E-state index in [-0.39, 0.29) is 0 Å². The van der Waals surface area contributed by atoms with E-state index in [1.165, 1.54) is 6.07 Å². The number of rotatable bonds is 4. The Kier molecular flexibility index (Phi) is 4.51. The van der Waals surface area contributed by atoms with Crippen molar-refractivity contribution in [3.63, 3.8) is 0 Å². The number of hydrogen-bond donors (Lipinski definition) is 1. The topological polar surface area (TPSA) is 69.8 Å². The standard InChI is InChI=1S/C13H18FN3O3/c1-10(18)9-15-5-7-16(8-6-15)12-4-2-3-11(14)13(12)17(19)20/h2-4,10,18H,5-9H2,1H3/t10-/m1/s1. The summed E-state index contributed by atoms with van der Waals surface area (Å²) >= 11 is 0. The summed E-state index contributed by atoms with van der Waals surface area (Å²) in [6.07, 6.45) is -0.398. The molecule has 0 spiro atoms. The predicted octanol–water partition coefficient (Wildman–Crippen LogP) is 1.24. The monoisotopic (exact) mass is 283 g/mol. The van der Waals surface area contributed by atoms with Gasteiger partial charge in [0.1, 0.15) is 5.69 Å². The van der Waals surface area contributed by atoms with Crippen LogP contribution in [0.5, 0.6) is 0 Å². The number of benzene rings is 1. The zero-order chi connectivity index (χ0) is 14.7. The number of aliphatic hydroxyl groups is 1. The summed E-state index contributed by atoms with van der Waals surface area (Å²) in [5, 5.41) is 20.3. The highest BCUT2D eigenvalue weighted by molar-refractivity contribution is 5.64. The van der Waals surface area contributed by atoms with Gasteiger partial charge in [0, 0.05) is 32.7 Å². The molecule has 110 valence electrons. The van der Waals surface area contributed by atoms with Crippen LogP contribution in [0.1, 0.15) is 6.92 Å². The van der Waals surface area contributed by atoms with Gasteiger partial charge in [-0.15, -0.1) is 0 Å². The molecule has 0 aromatic heterocycles. The zero-order valence-electron chi connectivity index (χ0n) is 11.3. The highest BCUT2D eigenvalue weighted by Gasteiger charge is 2.26. The van der Waals surface area contributed by atoms with Crippen LogP contribution >= 0.6 is 0 Å². The summed E-state index contributed by atoms with van der Waals surface area (Å²) in [5.41, 5.74) is -0.136. The van der Waals surface area contributed by atoms with E-state index in [9.17, 15) is 19.6 Å². The average Bonchev–Trinajstić information content (AvgIpc) is 2.38. The van der Waals surface area contributed by atoms with Crippen LogP contribution in [-0.4, -0.2) is 53.8 Å². The van der Waals surface area contributed by atoms with E-state index in [1.54, 1.807) is 13.0 Å². The number of para-hydroxylation sites is 1. The third kappa shape index (κ3) is 3.23. The highest BCUT2D eigenvalue weighted by atomic mass is 19.1. The third-order valence-electron chi connectivity index (χ3n) is 3.38. The zero-order valence-corrected chi connectivity index (χ0v) is 11.3. The summed E-state index contributed by atoms with van der Waals surface area (Å²) in [4.78, 5) is 14.2. The summed E-state index contributed by atoms with van der Waals surface area (Å²) < 4.78 is 13.6. The lowest BCUT2D eigenvalue weighted by atomic mass is 10.2. The Hall–Kier alpha value is -1.73. The number of nitro groups is 1.